The fraction of sp³-hybridized carbons (Fsp3) is 0.625. The van der Waals surface area contributed by atoms with E-state index < -0.39 is 0 Å². The van der Waals surface area contributed by atoms with Gasteiger partial charge in [0.1, 0.15) is 0 Å². The number of hydrogen-bond donors (Lipinski definition) is 1. The normalized spacial score (nSPS) is 27.3. The second-order valence-electron chi connectivity index (χ2n) is 6.41. The summed E-state index contributed by atoms with van der Waals surface area (Å²) in [5, 5.41) is 5.71. The molecule has 4 heteroatoms. The Morgan fingerprint density at radius 3 is 2.85 bits per heavy atom. The Kier molecular flexibility index (Phi) is 3.96. The highest BCUT2D eigenvalue weighted by molar-refractivity contribution is 5.44. The predicted octanol–water partition coefficient (Wildman–Crippen LogP) is 2.67. The number of morpholine rings is 1. The molecule has 2 unspecified atom stereocenters. The summed E-state index contributed by atoms with van der Waals surface area (Å²) >= 11 is 0. The molecule has 3 rings (SSSR count). The van der Waals surface area contributed by atoms with E-state index in [2.05, 4.69) is 48.5 Å². The second-order valence-corrected chi connectivity index (χ2v) is 6.41. The molecule has 2 atom stereocenters. The predicted molar refractivity (Wildman–Crippen MR) is 79.6 cm³/mol. The number of fused-ring (bicyclic) bond motifs is 1. The van der Waals surface area contributed by atoms with E-state index in [0.29, 0.717) is 6.04 Å². The van der Waals surface area contributed by atoms with Gasteiger partial charge in [0.2, 0.25) is 0 Å². The highest BCUT2D eigenvalue weighted by atomic mass is 16.7. The van der Waals surface area contributed by atoms with Gasteiger partial charge in [-0.15, -0.1) is 0 Å². The van der Waals surface area contributed by atoms with E-state index in [1.54, 1.807) is 0 Å². The van der Waals surface area contributed by atoms with E-state index in [4.69, 9.17) is 9.57 Å². The maximum Gasteiger partial charge on any atom is 0.0832 e. The third kappa shape index (κ3) is 3.32. The summed E-state index contributed by atoms with van der Waals surface area (Å²) in [6, 6.07) is 10.8. The smallest absolute Gasteiger partial charge is 0.0832 e. The molecule has 2 aliphatic rings. The zero-order valence-electron chi connectivity index (χ0n) is 12.3. The second kappa shape index (κ2) is 5.72. The number of rotatable bonds is 4. The molecule has 0 saturated carbocycles. The quantitative estimate of drug-likeness (QED) is 0.916. The Hall–Kier alpha value is -1.10. The first-order valence-corrected chi connectivity index (χ1v) is 7.47. The molecule has 110 valence electrons. The fourth-order valence-electron chi connectivity index (χ4n) is 3.15. The minimum atomic E-state index is 0.0154. The molecule has 0 bridgehead atoms. The van der Waals surface area contributed by atoms with Gasteiger partial charge in [-0.05, 0) is 38.8 Å². The summed E-state index contributed by atoms with van der Waals surface area (Å²) in [5.41, 5.74) is 1.18. The van der Waals surface area contributed by atoms with Crippen LogP contribution in [0.3, 0.4) is 0 Å². The lowest BCUT2D eigenvalue weighted by Gasteiger charge is -2.30. The minimum Gasteiger partial charge on any atom is -0.380 e. The van der Waals surface area contributed by atoms with Crippen LogP contribution in [0.5, 0.6) is 0 Å². The number of para-hydroxylation sites is 1. The van der Waals surface area contributed by atoms with Crippen molar-refractivity contribution in [3.05, 3.63) is 30.3 Å². The summed E-state index contributed by atoms with van der Waals surface area (Å²) < 4.78 is 5.52. The Balaban J connectivity index is 1.56. The average molecular weight is 276 g/mol. The van der Waals surface area contributed by atoms with Gasteiger partial charge in [-0.1, -0.05) is 18.2 Å². The highest BCUT2D eigenvalue weighted by Gasteiger charge is 2.38. The van der Waals surface area contributed by atoms with E-state index >= 15 is 0 Å². The molecule has 1 aromatic rings. The number of hydrogen-bond acceptors (Lipinski definition) is 4. The number of ether oxygens (including phenoxy) is 1. The van der Waals surface area contributed by atoms with E-state index in [-0.39, 0.29) is 11.6 Å². The van der Waals surface area contributed by atoms with Crippen LogP contribution in [0, 0.1) is 0 Å². The van der Waals surface area contributed by atoms with Crippen LogP contribution in [-0.2, 0) is 9.57 Å². The molecule has 4 nitrogen and oxygen atoms in total. The molecule has 0 amide bonds. The van der Waals surface area contributed by atoms with Gasteiger partial charge in [0, 0.05) is 17.8 Å². The summed E-state index contributed by atoms with van der Waals surface area (Å²) in [5.74, 6) is 0. The van der Waals surface area contributed by atoms with Crippen LogP contribution in [-0.4, -0.2) is 42.5 Å². The molecule has 2 saturated heterocycles. The van der Waals surface area contributed by atoms with Gasteiger partial charge in [0.05, 0.1) is 25.4 Å². The summed E-state index contributed by atoms with van der Waals surface area (Å²) in [6.07, 6.45) is 2.35. The minimum absolute atomic E-state index is 0.0154. The molecule has 0 spiro atoms. The van der Waals surface area contributed by atoms with E-state index in [1.165, 1.54) is 0 Å². The fourth-order valence-corrected chi connectivity index (χ4v) is 3.15. The SMILES string of the molecule is CC(C)(CC1CC2COCCN2O1)Nc1ccccc1. The lowest BCUT2D eigenvalue weighted by molar-refractivity contribution is -0.198. The molecular weight excluding hydrogens is 252 g/mol. The monoisotopic (exact) mass is 276 g/mol. The number of anilines is 1. The van der Waals surface area contributed by atoms with E-state index in [0.717, 1.165) is 38.3 Å². The van der Waals surface area contributed by atoms with Gasteiger partial charge in [-0.25, -0.2) is 0 Å². The maximum absolute atomic E-state index is 6.05. The van der Waals surface area contributed by atoms with Crippen molar-refractivity contribution in [3.8, 4) is 0 Å². The third-order valence-corrected chi connectivity index (χ3v) is 3.99. The van der Waals surface area contributed by atoms with Crippen molar-refractivity contribution >= 4 is 5.69 Å². The van der Waals surface area contributed by atoms with Gasteiger partial charge in [-0.3, -0.25) is 4.84 Å². The third-order valence-electron chi connectivity index (χ3n) is 3.99. The van der Waals surface area contributed by atoms with Gasteiger partial charge in [-0.2, -0.15) is 5.06 Å². The summed E-state index contributed by atoms with van der Waals surface area (Å²) in [6.45, 7) is 6.96. The topological polar surface area (TPSA) is 33.7 Å². The molecule has 1 aromatic carbocycles. The summed E-state index contributed by atoms with van der Waals surface area (Å²) in [4.78, 5) is 6.05. The van der Waals surface area contributed by atoms with Gasteiger partial charge in [0.25, 0.3) is 0 Å². The Labute approximate surface area is 121 Å². The first kappa shape index (κ1) is 13.9. The van der Waals surface area contributed by atoms with Crippen LogP contribution in [0.2, 0.25) is 0 Å². The molecule has 2 aliphatic heterocycles. The van der Waals surface area contributed by atoms with Crippen LogP contribution >= 0.6 is 0 Å². The van der Waals surface area contributed by atoms with Gasteiger partial charge < -0.3 is 10.1 Å². The summed E-state index contributed by atoms with van der Waals surface area (Å²) in [7, 11) is 0. The Morgan fingerprint density at radius 1 is 1.30 bits per heavy atom. The molecule has 0 radical (unpaired) electrons. The molecule has 2 heterocycles. The van der Waals surface area contributed by atoms with Crippen LogP contribution in [0.15, 0.2) is 30.3 Å². The highest BCUT2D eigenvalue weighted by Crippen LogP contribution is 2.30. The zero-order valence-corrected chi connectivity index (χ0v) is 12.3. The first-order chi connectivity index (χ1) is 9.62. The molecule has 20 heavy (non-hydrogen) atoms. The molecular formula is C16H24N2O2. The van der Waals surface area contributed by atoms with Crippen LogP contribution in [0.4, 0.5) is 5.69 Å². The number of nitrogens with zero attached hydrogens (tertiary/aromatic N) is 1. The Bertz CT molecular complexity index is 421. The van der Waals surface area contributed by atoms with Crippen LogP contribution in [0.1, 0.15) is 26.7 Å². The largest absolute Gasteiger partial charge is 0.380 e. The lowest BCUT2D eigenvalue weighted by atomic mass is 9.93. The van der Waals surface area contributed by atoms with Crippen molar-refractivity contribution in [1.82, 2.24) is 5.06 Å². The van der Waals surface area contributed by atoms with Crippen LogP contribution < -0.4 is 5.32 Å². The van der Waals surface area contributed by atoms with Crippen molar-refractivity contribution < 1.29 is 9.57 Å². The van der Waals surface area contributed by atoms with Crippen molar-refractivity contribution in [2.24, 2.45) is 0 Å². The average Bonchev–Trinajstić information content (AvgIpc) is 2.80. The number of nitrogens with one attached hydrogen (secondary N) is 1. The standard InChI is InChI=1S/C16H24N2O2/c1-16(2,17-13-6-4-3-5-7-13)11-15-10-14-12-19-9-8-18(14)20-15/h3-7,14-15,17H,8-12H2,1-2H3. The van der Waals surface area contributed by atoms with Crippen molar-refractivity contribution in [3.63, 3.8) is 0 Å². The van der Waals surface area contributed by atoms with Gasteiger partial charge >= 0.3 is 0 Å². The lowest BCUT2D eigenvalue weighted by Crippen LogP contribution is -2.40. The van der Waals surface area contributed by atoms with Gasteiger partial charge in [0.15, 0.2) is 0 Å². The maximum atomic E-state index is 6.05. The number of benzene rings is 1. The molecule has 0 aromatic heterocycles. The molecule has 0 aliphatic carbocycles. The molecule has 1 N–H and O–H groups in total. The Morgan fingerprint density at radius 2 is 2.10 bits per heavy atom. The molecule has 2 fully saturated rings. The van der Waals surface area contributed by atoms with E-state index in [1.807, 2.05) is 6.07 Å². The van der Waals surface area contributed by atoms with Crippen molar-refractivity contribution in [2.75, 3.05) is 25.1 Å². The number of hydroxylamine groups is 2. The zero-order chi connectivity index (χ0) is 14.0. The van der Waals surface area contributed by atoms with Crippen LogP contribution in [0.25, 0.3) is 0 Å². The van der Waals surface area contributed by atoms with Crippen molar-refractivity contribution in [2.45, 2.75) is 44.4 Å². The van der Waals surface area contributed by atoms with E-state index in [9.17, 15) is 0 Å². The first-order valence-electron chi connectivity index (χ1n) is 7.47. The van der Waals surface area contributed by atoms with Crippen molar-refractivity contribution in [1.29, 1.82) is 0 Å².